The number of hydrogen-bond donors (Lipinski definition) is 1. The first-order valence-corrected chi connectivity index (χ1v) is 6.47. The maximum atomic E-state index is 6.10. The molecule has 0 amide bonds. The summed E-state index contributed by atoms with van der Waals surface area (Å²) in [5, 5.41) is 4.90. The highest BCUT2D eigenvalue weighted by molar-refractivity contribution is 6.35. The third-order valence-electron chi connectivity index (χ3n) is 3.13. The van der Waals surface area contributed by atoms with Crippen LogP contribution in [0.1, 0.15) is 32.8 Å². The Morgan fingerprint density at radius 2 is 1.94 bits per heavy atom. The quantitative estimate of drug-likeness (QED) is 0.820. The standard InChI is InChI=1S/C13H19Cl2N/c1-4-9(2)10(3)16-8-11-5-6-12(14)7-13(11)15/h5-7,9-10,16H,4,8H2,1-3H3. The first kappa shape index (κ1) is 13.8. The second-order valence-corrected chi connectivity index (χ2v) is 5.13. The average Bonchev–Trinajstić information content (AvgIpc) is 2.26. The molecule has 90 valence electrons. The minimum atomic E-state index is 0.497. The Balaban J connectivity index is 2.54. The van der Waals surface area contributed by atoms with E-state index in [4.69, 9.17) is 23.2 Å². The molecule has 2 unspecified atom stereocenters. The van der Waals surface area contributed by atoms with Crippen LogP contribution in [0.4, 0.5) is 0 Å². The largest absolute Gasteiger partial charge is 0.310 e. The van der Waals surface area contributed by atoms with Crippen molar-refractivity contribution in [3.05, 3.63) is 33.8 Å². The maximum Gasteiger partial charge on any atom is 0.0465 e. The van der Waals surface area contributed by atoms with Crippen LogP contribution in [0.5, 0.6) is 0 Å². The molecule has 1 nitrogen and oxygen atoms in total. The second kappa shape index (κ2) is 6.48. The Morgan fingerprint density at radius 1 is 1.25 bits per heavy atom. The summed E-state index contributed by atoms with van der Waals surface area (Å²) in [5.41, 5.74) is 1.10. The van der Waals surface area contributed by atoms with Gasteiger partial charge in [0.2, 0.25) is 0 Å². The summed E-state index contributed by atoms with van der Waals surface area (Å²) >= 11 is 11.9. The van der Waals surface area contributed by atoms with Crippen molar-refractivity contribution < 1.29 is 0 Å². The van der Waals surface area contributed by atoms with E-state index >= 15 is 0 Å². The molecule has 16 heavy (non-hydrogen) atoms. The Morgan fingerprint density at radius 3 is 2.50 bits per heavy atom. The van der Waals surface area contributed by atoms with Crippen LogP contribution in [0.25, 0.3) is 0 Å². The SMILES string of the molecule is CCC(C)C(C)NCc1ccc(Cl)cc1Cl. The Kier molecular flexibility index (Phi) is 5.60. The molecule has 1 aromatic rings. The van der Waals surface area contributed by atoms with Gasteiger partial charge in [-0.1, -0.05) is 49.5 Å². The molecule has 0 bridgehead atoms. The highest BCUT2D eigenvalue weighted by Gasteiger charge is 2.10. The topological polar surface area (TPSA) is 12.0 Å². The van der Waals surface area contributed by atoms with E-state index in [1.165, 1.54) is 6.42 Å². The highest BCUT2D eigenvalue weighted by Crippen LogP contribution is 2.21. The van der Waals surface area contributed by atoms with Crippen molar-refractivity contribution in [2.24, 2.45) is 5.92 Å². The van der Waals surface area contributed by atoms with E-state index in [2.05, 4.69) is 26.1 Å². The maximum absolute atomic E-state index is 6.10. The summed E-state index contributed by atoms with van der Waals surface area (Å²) in [6.45, 7) is 7.46. The van der Waals surface area contributed by atoms with Crippen molar-refractivity contribution in [2.75, 3.05) is 0 Å². The first-order chi connectivity index (χ1) is 7.54. The van der Waals surface area contributed by atoms with Crippen LogP contribution in [-0.4, -0.2) is 6.04 Å². The van der Waals surface area contributed by atoms with Gasteiger partial charge in [-0.2, -0.15) is 0 Å². The number of benzene rings is 1. The van der Waals surface area contributed by atoms with Crippen LogP contribution in [0.15, 0.2) is 18.2 Å². The van der Waals surface area contributed by atoms with Crippen LogP contribution in [0.2, 0.25) is 10.0 Å². The first-order valence-electron chi connectivity index (χ1n) is 5.72. The minimum absolute atomic E-state index is 0.497. The number of halogens is 2. The zero-order valence-electron chi connectivity index (χ0n) is 10.1. The molecule has 0 saturated heterocycles. The van der Waals surface area contributed by atoms with Gasteiger partial charge in [-0.15, -0.1) is 0 Å². The van der Waals surface area contributed by atoms with Crippen LogP contribution in [-0.2, 0) is 6.54 Å². The lowest BCUT2D eigenvalue weighted by Gasteiger charge is -2.20. The number of hydrogen-bond acceptors (Lipinski definition) is 1. The summed E-state index contributed by atoms with van der Waals surface area (Å²) in [6.07, 6.45) is 1.18. The fourth-order valence-electron chi connectivity index (χ4n) is 1.49. The molecule has 1 aromatic carbocycles. The summed E-state index contributed by atoms with van der Waals surface area (Å²) in [4.78, 5) is 0. The molecule has 2 atom stereocenters. The summed E-state index contributed by atoms with van der Waals surface area (Å²) in [7, 11) is 0. The molecule has 0 fully saturated rings. The third kappa shape index (κ3) is 3.97. The van der Waals surface area contributed by atoms with Crippen molar-refractivity contribution in [3.63, 3.8) is 0 Å². The molecule has 0 aliphatic heterocycles. The van der Waals surface area contributed by atoms with Gasteiger partial charge in [0.25, 0.3) is 0 Å². The summed E-state index contributed by atoms with van der Waals surface area (Å²) < 4.78 is 0. The van der Waals surface area contributed by atoms with Crippen molar-refractivity contribution in [1.29, 1.82) is 0 Å². The van der Waals surface area contributed by atoms with Gasteiger partial charge in [0.1, 0.15) is 0 Å². The minimum Gasteiger partial charge on any atom is -0.310 e. The second-order valence-electron chi connectivity index (χ2n) is 4.29. The monoisotopic (exact) mass is 259 g/mol. The fraction of sp³-hybridized carbons (Fsp3) is 0.538. The van der Waals surface area contributed by atoms with Crippen LogP contribution >= 0.6 is 23.2 Å². The van der Waals surface area contributed by atoms with Crippen LogP contribution < -0.4 is 5.32 Å². The fourth-order valence-corrected chi connectivity index (χ4v) is 1.97. The summed E-state index contributed by atoms with van der Waals surface area (Å²) in [6, 6.07) is 6.13. The Labute approximate surface area is 108 Å². The molecule has 0 aromatic heterocycles. The highest BCUT2D eigenvalue weighted by atomic mass is 35.5. The molecule has 0 radical (unpaired) electrons. The normalized spacial score (nSPS) is 14.8. The molecule has 3 heteroatoms. The number of nitrogens with one attached hydrogen (secondary N) is 1. The molecule has 1 rings (SSSR count). The van der Waals surface area contributed by atoms with Gasteiger partial charge >= 0.3 is 0 Å². The van der Waals surface area contributed by atoms with E-state index in [9.17, 15) is 0 Å². The summed E-state index contributed by atoms with van der Waals surface area (Å²) in [5.74, 6) is 0.672. The van der Waals surface area contributed by atoms with E-state index in [-0.39, 0.29) is 0 Å². The number of rotatable bonds is 5. The van der Waals surface area contributed by atoms with Gasteiger partial charge in [-0.05, 0) is 30.5 Å². The zero-order valence-corrected chi connectivity index (χ0v) is 11.6. The van der Waals surface area contributed by atoms with Gasteiger partial charge in [0.15, 0.2) is 0 Å². The van der Waals surface area contributed by atoms with Crippen LogP contribution in [0.3, 0.4) is 0 Å². The van der Waals surface area contributed by atoms with Crippen molar-refractivity contribution >= 4 is 23.2 Å². The lowest BCUT2D eigenvalue weighted by Crippen LogP contribution is -2.31. The third-order valence-corrected chi connectivity index (χ3v) is 3.71. The lowest BCUT2D eigenvalue weighted by atomic mass is 10.0. The van der Waals surface area contributed by atoms with Gasteiger partial charge in [-0.3, -0.25) is 0 Å². The lowest BCUT2D eigenvalue weighted by molar-refractivity contribution is 0.389. The molecule has 1 N–H and O–H groups in total. The van der Waals surface area contributed by atoms with Crippen LogP contribution in [0, 0.1) is 5.92 Å². The predicted molar refractivity (Wildman–Crippen MR) is 72.2 cm³/mol. The van der Waals surface area contributed by atoms with E-state index in [1.807, 2.05) is 12.1 Å². The van der Waals surface area contributed by atoms with E-state index in [0.29, 0.717) is 17.0 Å². The molecule has 0 aliphatic rings. The Hall–Kier alpha value is -0.240. The van der Waals surface area contributed by atoms with Crippen molar-refractivity contribution in [2.45, 2.75) is 39.8 Å². The van der Waals surface area contributed by atoms with Gasteiger partial charge in [0, 0.05) is 22.6 Å². The zero-order chi connectivity index (χ0) is 12.1. The van der Waals surface area contributed by atoms with E-state index in [0.717, 1.165) is 17.1 Å². The smallest absolute Gasteiger partial charge is 0.0465 e. The average molecular weight is 260 g/mol. The Bertz CT molecular complexity index is 339. The molecule has 0 heterocycles. The predicted octanol–water partition coefficient (Wildman–Crippen LogP) is 4.52. The molecule has 0 aliphatic carbocycles. The van der Waals surface area contributed by atoms with Crippen molar-refractivity contribution in [1.82, 2.24) is 5.32 Å². The van der Waals surface area contributed by atoms with E-state index < -0.39 is 0 Å². The van der Waals surface area contributed by atoms with Gasteiger partial charge in [-0.25, -0.2) is 0 Å². The van der Waals surface area contributed by atoms with E-state index in [1.54, 1.807) is 6.07 Å². The molecule has 0 saturated carbocycles. The molecular weight excluding hydrogens is 241 g/mol. The van der Waals surface area contributed by atoms with Gasteiger partial charge in [0.05, 0.1) is 0 Å². The van der Waals surface area contributed by atoms with Crippen molar-refractivity contribution in [3.8, 4) is 0 Å². The van der Waals surface area contributed by atoms with Gasteiger partial charge < -0.3 is 5.32 Å². The molecule has 0 spiro atoms. The molecular formula is C13H19Cl2N.